The van der Waals surface area contributed by atoms with E-state index in [1.807, 2.05) is 24.3 Å². The molecule has 1 N–H and O–H groups in total. The van der Waals surface area contributed by atoms with E-state index in [0.29, 0.717) is 6.54 Å². The normalized spacial score (nSPS) is 9.76. The average molecular weight is 235 g/mol. The first-order valence-electron chi connectivity index (χ1n) is 5.51. The summed E-state index contributed by atoms with van der Waals surface area (Å²) in [6, 6.07) is 7.50. The number of ketones is 1. The number of amides is 1. The first kappa shape index (κ1) is 13.2. The molecule has 0 aliphatic rings. The molecule has 4 heteroatoms. The van der Waals surface area contributed by atoms with Gasteiger partial charge >= 0.3 is 0 Å². The zero-order chi connectivity index (χ0) is 12.7. The third-order valence-corrected chi connectivity index (χ3v) is 2.37. The van der Waals surface area contributed by atoms with Crippen LogP contribution in [-0.2, 0) is 16.1 Å². The number of rotatable bonds is 6. The lowest BCUT2D eigenvalue weighted by atomic mass is 10.2. The van der Waals surface area contributed by atoms with Gasteiger partial charge in [-0.15, -0.1) is 0 Å². The molecule has 0 heterocycles. The first-order chi connectivity index (χ1) is 8.13. The minimum Gasteiger partial charge on any atom is -0.496 e. The summed E-state index contributed by atoms with van der Waals surface area (Å²) in [6.45, 7) is 1.90. The second-order valence-corrected chi connectivity index (χ2v) is 3.79. The summed E-state index contributed by atoms with van der Waals surface area (Å²) in [5, 5.41) is 2.76. The average Bonchev–Trinajstić information content (AvgIpc) is 2.34. The van der Waals surface area contributed by atoms with Crippen molar-refractivity contribution in [2.75, 3.05) is 7.11 Å². The number of benzene rings is 1. The van der Waals surface area contributed by atoms with Crippen molar-refractivity contribution in [3.05, 3.63) is 29.8 Å². The molecule has 0 unspecified atom stereocenters. The van der Waals surface area contributed by atoms with E-state index < -0.39 is 0 Å². The molecule has 0 spiro atoms. The fourth-order valence-corrected chi connectivity index (χ4v) is 1.42. The van der Waals surface area contributed by atoms with E-state index in [-0.39, 0.29) is 24.5 Å². The van der Waals surface area contributed by atoms with Crippen molar-refractivity contribution in [1.29, 1.82) is 0 Å². The van der Waals surface area contributed by atoms with Gasteiger partial charge < -0.3 is 14.8 Å². The fourth-order valence-electron chi connectivity index (χ4n) is 1.42. The van der Waals surface area contributed by atoms with Crippen LogP contribution in [0, 0.1) is 0 Å². The van der Waals surface area contributed by atoms with Crippen molar-refractivity contribution in [3.8, 4) is 5.75 Å². The summed E-state index contributed by atoms with van der Waals surface area (Å²) in [6.07, 6.45) is 0.530. The van der Waals surface area contributed by atoms with Gasteiger partial charge in [0.2, 0.25) is 5.91 Å². The highest BCUT2D eigenvalue weighted by Gasteiger charge is 2.05. The molecule has 1 rings (SSSR count). The lowest BCUT2D eigenvalue weighted by Gasteiger charge is -2.09. The number of hydrogen-bond donors (Lipinski definition) is 1. The van der Waals surface area contributed by atoms with Crippen molar-refractivity contribution in [2.24, 2.45) is 0 Å². The molecule has 0 radical (unpaired) electrons. The number of nitrogens with one attached hydrogen (secondary N) is 1. The van der Waals surface area contributed by atoms with Crippen molar-refractivity contribution in [1.82, 2.24) is 5.32 Å². The predicted octanol–water partition coefficient (Wildman–Crippen LogP) is 1.68. The highest BCUT2D eigenvalue weighted by molar-refractivity contribution is 5.83. The number of hydrogen-bond acceptors (Lipinski definition) is 3. The Bertz CT molecular complexity index is 401. The second kappa shape index (κ2) is 6.68. The molecule has 0 aliphatic heterocycles. The highest BCUT2D eigenvalue weighted by Crippen LogP contribution is 2.16. The Morgan fingerprint density at radius 1 is 1.24 bits per heavy atom. The molecule has 1 aromatic rings. The summed E-state index contributed by atoms with van der Waals surface area (Å²) < 4.78 is 5.17. The van der Waals surface area contributed by atoms with Gasteiger partial charge in [0.25, 0.3) is 0 Å². The number of methoxy groups -OCH3 is 1. The molecule has 1 amide bonds. The maximum Gasteiger partial charge on any atom is 0.220 e. The van der Waals surface area contributed by atoms with Crippen molar-refractivity contribution < 1.29 is 14.3 Å². The summed E-state index contributed by atoms with van der Waals surface area (Å²) in [4.78, 5) is 22.1. The molecular formula is C13H17NO3. The van der Waals surface area contributed by atoms with Crippen molar-refractivity contribution in [2.45, 2.75) is 26.3 Å². The van der Waals surface area contributed by atoms with E-state index in [2.05, 4.69) is 5.32 Å². The number of Topliss-reactive ketones (excluding diaryl/α,β-unsaturated/α-hetero) is 1. The van der Waals surface area contributed by atoms with Crippen LogP contribution in [0.2, 0.25) is 0 Å². The van der Waals surface area contributed by atoms with Crippen molar-refractivity contribution in [3.63, 3.8) is 0 Å². The van der Waals surface area contributed by atoms with Crippen LogP contribution in [0.15, 0.2) is 24.3 Å². The SMILES string of the molecule is COc1ccccc1CNC(=O)CCC(C)=O. The largest absolute Gasteiger partial charge is 0.496 e. The second-order valence-electron chi connectivity index (χ2n) is 3.79. The highest BCUT2D eigenvalue weighted by atomic mass is 16.5. The number of ether oxygens (including phenoxy) is 1. The van der Waals surface area contributed by atoms with Crippen LogP contribution in [0.1, 0.15) is 25.3 Å². The van der Waals surface area contributed by atoms with Gasteiger partial charge in [-0.2, -0.15) is 0 Å². The van der Waals surface area contributed by atoms with Gasteiger partial charge in [-0.25, -0.2) is 0 Å². The van der Waals surface area contributed by atoms with Crippen LogP contribution in [0.3, 0.4) is 0 Å². The zero-order valence-electron chi connectivity index (χ0n) is 10.2. The Kier molecular flexibility index (Phi) is 5.20. The maximum atomic E-state index is 11.4. The smallest absolute Gasteiger partial charge is 0.220 e. The number of carbonyl (C=O) groups excluding carboxylic acids is 2. The summed E-state index contributed by atoms with van der Waals surface area (Å²) in [7, 11) is 1.59. The third kappa shape index (κ3) is 4.68. The molecule has 0 fully saturated rings. The minimum atomic E-state index is -0.119. The summed E-state index contributed by atoms with van der Waals surface area (Å²) in [5.74, 6) is 0.655. The van der Waals surface area contributed by atoms with Crippen LogP contribution in [0.4, 0.5) is 0 Å². The van der Waals surface area contributed by atoms with Gasteiger partial charge in [-0.3, -0.25) is 4.79 Å². The lowest BCUT2D eigenvalue weighted by Crippen LogP contribution is -2.23. The molecule has 92 valence electrons. The number of para-hydroxylation sites is 1. The van der Waals surface area contributed by atoms with Crippen LogP contribution in [0.25, 0.3) is 0 Å². The van der Waals surface area contributed by atoms with E-state index in [0.717, 1.165) is 11.3 Å². The van der Waals surface area contributed by atoms with Gasteiger partial charge in [0.15, 0.2) is 0 Å². The topological polar surface area (TPSA) is 55.4 Å². The third-order valence-electron chi connectivity index (χ3n) is 2.37. The number of carbonyl (C=O) groups is 2. The molecule has 1 aromatic carbocycles. The lowest BCUT2D eigenvalue weighted by molar-refractivity contribution is -0.124. The van der Waals surface area contributed by atoms with E-state index in [1.165, 1.54) is 6.92 Å². The molecule has 17 heavy (non-hydrogen) atoms. The zero-order valence-corrected chi connectivity index (χ0v) is 10.2. The van der Waals surface area contributed by atoms with Crippen molar-refractivity contribution >= 4 is 11.7 Å². The molecule has 0 aliphatic carbocycles. The van der Waals surface area contributed by atoms with E-state index >= 15 is 0 Å². The molecule has 0 bridgehead atoms. The van der Waals surface area contributed by atoms with Gasteiger partial charge in [-0.05, 0) is 13.0 Å². The minimum absolute atomic E-state index is 0.0254. The fraction of sp³-hybridized carbons (Fsp3) is 0.385. The molecular weight excluding hydrogens is 218 g/mol. The summed E-state index contributed by atoms with van der Waals surface area (Å²) in [5.41, 5.74) is 0.922. The quantitative estimate of drug-likeness (QED) is 0.816. The maximum absolute atomic E-state index is 11.4. The Hall–Kier alpha value is -1.84. The van der Waals surface area contributed by atoms with Crippen LogP contribution in [0.5, 0.6) is 5.75 Å². The van der Waals surface area contributed by atoms with Crippen LogP contribution < -0.4 is 10.1 Å². The Labute approximate surface area is 101 Å². The van der Waals surface area contributed by atoms with E-state index in [9.17, 15) is 9.59 Å². The molecule has 4 nitrogen and oxygen atoms in total. The molecule has 0 saturated heterocycles. The Morgan fingerprint density at radius 2 is 1.94 bits per heavy atom. The van der Waals surface area contributed by atoms with Crippen LogP contribution >= 0.6 is 0 Å². The van der Waals surface area contributed by atoms with Gasteiger partial charge in [0.05, 0.1) is 7.11 Å². The van der Waals surface area contributed by atoms with Crippen LogP contribution in [-0.4, -0.2) is 18.8 Å². The monoisotopic (exact) mass is 235 g/mol. The van der Waals surface area contributed by atoms with E-state index in [4.69, 9.17) is 4.74 Å². The van der Waals surface area contributed by atoms with Gasteiger partial charge in [0, 0.05) is 24.9 Å². The standard InChI is InChI=1S/C13H17NO3/c1-10(15)7-8-13(16)14-9-11-5-3-4-6-12(11)17-2/h3-6H,7-9H2,1-2H3,(H,14,16). The van der Waals surface area contributed by atoms with Gasteiger partial charge in [-0.1, -0.05) is 18.2 Å². The Balaban J connectivity index is 2.44. The first-order valence-corrected chi connectivity index (χ1v) is 5.51. The molecule has 0 saturated carbocycles. The van der Waals surface area contributed by atoms with E-state index in [1.54, 1.807) is 7.11 Å². The summed E-state index contributed by atoms with van der Waals surface area (Å²) >= 11 is 0. The predicted molar refractivity (Wildman–Crippen MR) is 64.8 cm³/mol. The molecule has 0 atom stereocenters. The molecule has 0 aromatic heterocycles. The van der Waals surface area contributed by atoms with Gasteiger partial charge in [0.1, 0.15) is 11.5 Å². The Morgan fingerprint density at radius 3 is 2.59 bits per heavy atom.